The van der Waals surface area contributed by atoms with Gasteiger partial charge in [-0.25, -0.2) is 13.2 Å². The molecule has 4 rings (SSSR count). The number of sulfonamides is 1. The number of H-pyrrole nitrogens is 2. The van der Waals surface area contributed by atoms with E-state index in [0.29, 0.717) is 18.1 Å². The van der Waals surface area contributed by atoms with E-state index in [9.17, 15) is 18.0 Å². The molecule has 1 fully saturated rings. The van der Waals surface area contributed by atoms with Gasteiger partial charge in [0.2, 0.25) is 10.0 Å². The summed E-state index contributed by atoms with van der Waals surface area (Å²) >= 11 is 6.07. The van der Waals surface area contributed by atoms with Crippen LogP contribution in [0, 0.1) is 6.92 Å². The second-order valence-electron chi connectivity index (χ2n) is 7.67. The Morgan fingerprint density at radius 3 is 2.06 bits per heavy atom. The predicted molar refractivity (Wildman–Crippen MR) is 122 cm³/mol. The summed E-state index contributed by atoms with van der Waals surface area (Å²) in [4.78, 5) is 29.8. The van der Waals surface area contributed by atoms with Crippen molar-refractivity contribution in [2.75, 3.05) is 26.2 Å². The monoisotopic (exact) mass is 474 g/mol. The van der Waals surface area contributed by atoms with Gasteiger partial charge in [-0.15, -0.1) is 0 Å². The highest BCUT2D eigenvalue weighted by Gasteiger charge is 2.34. The molecular formula is C22H23ClN4O4S. The van der Waals surface area contributed by atoms with Gasteiger partial charge in [-0.05, 0) is 30.2 Å². The molecule has 168 valence electrons. The average molecular weight is 475 g/mol. The zero-order chi connectivity index (χ0) is 22.9. The molecule has 1 aliphatic rings. The van der Waals surface area contributed by atoms with Crippen LogP contribution in [0.3, 0.4) is 0 Å². The first-order chi connectivity index (χ1) is 15.3. The maximum atomic E-state index is 13.1. The number of nitrogens with zero attached hydrogens (tertiary/aromatic N) is 2. The lowest BCUT2D eigenvalue weighted by Crippen LogP contribution is -2.50. The normalized spacial score (nSPS) is 16.7. The number of nitrogens with one attached hydrogen (secondary N) is 2. The molecular weight excluding hydrogens is 452 g/mol. The van der Waals surface area contributed by atoms with Crippen LogP contribution < -0.4 is 11.2 Å². The van der Waals surface area contributed by atoms with Crippen LogP contribution in [0.25, 0.3) is 0 Å². The molecule has 1 aliphatic heterocycles. The third-order valence-electron chi connectivity index (χ3n) is 5.61. The van der Waals surface area contributed by atoms with E-state index in [4.69, 9.17) is 11.6 Å². The lowest BCUT2D eigenvalue weighted by molar-refractivity contribution is 0.155. The number of hydrogen-bond donors (Lipinski definition) is 2. The standard InChI is InChI=1S/C22H23ClN4O4S/c1-15-20(21(28)25-22(29)24-15)32(30,31)27-13-11-26(12-14-27)19(16-5-3-2-4-6-16)17-7-9-18(23)10-8-17/h2-10,19H,11-14H2,1H3,(H2,24,25,28,29)/t19-/m1/s1. The van der Waals surface area contributed by atoms with E-state index in [0.717, 1.165) is 11.1 Å². The third kappa shape index (κ3) is 4.42. The molecule has 10 heteroatoms. The molecule has 8 nitrogen and oxygen atoms in total. The van der Waals surface area contributed by atoms with Gasteiger partial charge in [0, 0.05) is 36.9 Å². The van der Waals surface area contributed by atoms with E-state index >= 15 is 0 Å². The van der Waals surface area contributed by atoms with Crippen molar-refractivity contribution < 1.29 is 8.42 Å². The largest absolute Gasteiger partial charge is 0.325 e. The number of rotatable bonds is 5. The van der Waals surface area contributed by atoms with E-state index < -0.39 is 26.2 Å². The van der Waals surface area contributed by atoms with Gasteiger partial charge in [0.25, 0.3) is 5.56 Å². The Morgan fingerprint density at radius 2 is 1.47 bits per heavy atom. The molecule has 1 atom stereocenters. The van der Waals surface area contributed by atoms with Crippen molar-refractivity contribution in [2.24, 2.45) is 0 Å². The average Bonchev–Trinajstić information content (AvgIpc) is 2.75. The summed E-state index contributed by atoms with van der Waals surface area (Å²) in [5, 5.41) is 0.651. The third-order valence-corrected chi connectivity index (χ3v) is 7.92. The van der Waals surface area contributed by atoms with Gasteiger partial charge in [0.15, 0.2) is 4.90 Å². The first-order valence-electron chi connectivity index (χ1n) is 10.1. The van der Waals surface area contributed by atoms with Crippen molar-refractivity contribution in [3.8, 4) is 0 Å². The summed E-state index contributed by atoms with van der Waals surface area (Å²) in [7, 11) is -4.05. The number of halogens is 1. The second kappa shape index (κ2) is 9.03. The molecule has 0 unspecified atom stereocenters. The van der Waals surface area contributed by atoms with Crippen LogP contribution >= 0.6 is 11.6 Å². The van der Waals surface area contributed by atoms with Gasteiger partial charge in [0.05, 0.1) is 6.04 Å². The lowest BCUT2D eigenvalue weighted by Gasteiger charge is -2.39. The minimum atomic E-state index is -4.05. The van der Waals surface area contributed by atoms with Crippen molar-refractivity contribution in [2.45, 2.75) is 17.9 Å². The summed E-state index contributed by atoms with van der Waals surface area (Å²) in [5.74, 6) is 0. The molecule has 0 spiro atoms. The quantitative estimate of drug-likeness (QED) is 0.589. The van der Waals surface area contributed by atoms with Crippen LogP contribution in [0.5, 0.6) is 0 Å². The van der Waals surface area contributed by atoms with Crippen molar-refractivity contribution in [1.29, 1.82) is 0 Å². The van der Waals surface area contributed by atoms with Crippen LogP contribution in [0.2, 0.25) is 5.02 Å². The van der Waals surface area contributed by atoms with E-state index in [1.54, 1.807) is 0 Å². The predicted octanol–water partition coefficient (Wildman–Crippen LogP) is 2.12. The smallest absolute Gasteiger partial charge is 0.310 e. The zero-order valence-electron chi connectivity index (χ0n) is 17.4. The van der Waals surface area contributed by atoms with Gasteiger partial charge >= 0.3 is 5.69 Å². The Labute approximate surface area is 190 Å². The van der Waals surface area contributed by atoms with E-state index in [-0.39, 0.29) is 24.8 Å². The zero-order valence-corrected chi connectivity index (χ0v) is 19.0. The van der Waals surface area contributed by atoms with Crippen molar-refractivity contribution in [1.82, 2.24) is 19.2 Å². The molecule has 2 heterocycles. The van der Waals surface area contributed by atoms with E-state index in [1.807, 2.05) is 59.6 Å². The summed E-state index contributed by atoms with van der Waals surface area (Å²) < 4.78 is 27.6. The van der Waals surface area contributed by atoms with Gasteiger partial charge in [0.1, 0.15) is 0 Å². The molecule has 2 aromatic carbocycles. The minimum Gasteiger partial charge on any atom is -0.310 e. The van der Waals surface area contributed by atoms with Crippen molar-refractivity contribution >= 4 is 21.6 Å². The van der Waals surface area contributed by atoms with Crippen LogP contribution in [0.1, 0.15) is 22.9 Å². The molecule has 1 aromatic heterocycles. The minimum absolute atomic E-state index is 0.0319. The van der Waals surface area contributed by atoms with Crippen LogP contribution in [-0.4, -0.2) is 53.8 Å². The van der Waals surface area contributed by atoms with Crippen LogP contribution in [-0.2, 0) is 10.0 Å². The maximum Gasteiger partial charge on any atom is 0.325 e. The van der Waals surface area contributed by atoms with E-state index in [1.165, 1.54) is 11.2 Å². The molecule has 0 aliphatic carbocycles. The molecule has 1 saturated heterocycles. The fraction of sp³-hybridized carbons (Fsp3) is 0.273. The highest BCUT2D eigenvalue weighted by atomic mass is 35.5. The molecule has 32 heavy (non-hydrogen) atoms. The van der Waals surface area contributed by atoms with Gasteiger partial charge in [-0.2, -0.15) is 4.31 Å². The molecule has 2 N–H and O–H groups in total. The molecule has 0 radical (unpaired) electrons. The van der Waals surface area contributed by atoms with Crippen molar-refractivity contribution in [3.05, 3.63) is 97.3 Å². The Morgan fingerprint density at radius 1 is 0.875 bits per heavy atom. The number of aromatic amines is 2. The summed E-state index contributed by atoms with van der Waals surface area (Å²) in [6.45, 7) is 2.80. The summed E-state index contributed by atoms with van der Waals surface area (Å²) in [5.41, 5.74) is 0.551. The lowest BCUT2D eigenvalue weighted by atomic mass is 9.96. The Bertz CT molecular complexity index is 1310. The number of piperazine rings is 1. The van der Waals surface area contributed by atoms with Gasteiger partial charge in [-0.1, -0.05) is 54.1 Å². The molecule has 3 aromatic rings. The SMILES string of the molecule is Cc1[nH]c(=O)[nH]c(=O)c1S(=O)(=O)N1CCN([C@H](c2ccccc2)c2ccc(Cl)cc2)CC1. The Kier molecular flexibility index (Phi) is 6.34. The number of aryl methyl sites for hydroxylation is 1. The highest BCUT2D eigenvalue weighted by Crippen LogP contribution is 2.31. The number of hydrogen-bond acceptors (Lipinski definition) is 5. The van der Waals surface area contributed by atoms with Gasteiger partial charge < -0.3 is 4.98 Å². The maximum absolute atomic E-state index is 13.1. The highest BCUT2D eigenvalue weighted by molar-refractivity contribution is 7.89. The fourth-order valence-corrected chi connectivity index (χ4v) is 5.88. The first kappa shape index (κ1) is 22.5. The first-order valence-corrected chi connectivity index (χ1v) is 12.0. The van der Waals surface area contributed by atoms with Crippen LogP contribution in [0.15, 0.2) is 69.1 Å². The van der Waals surface area contributed by atoms with E-state index in [2.05, 4.69) is 9.88 Å². The Hall–Kier alpha value is -2.72. The number of aromatic nitrogens is 2. The summed E-state index contributed by atoms with van der Waals surface area (Å²) in [6, 6.07) is 17.6. The van der Waals surface area contributed by atoms with Crippen LogP contribution in [0.4, 0.5) is 0 Å². The number of benzene rings is 2. The molecule has 0 saturated carbocycles. The summed E-state index contributed by atoms with van der Waals surface area (Å²) in [6.07, 6.45) is 0. The topological polar surface area (TPSA) is 106 Å². The Balaban J connectivity index is 1.60. The molecule has 0 bridgehead atoms. The fourth-order valence-electron chi connectivity index (χ4n) is 4.12. The second-order valence-corrected chi connectivity index (χ2v) is 9.98. The molecule has 0 amide bonds. The van der Waals surface area contributed by atoms with Crippen molar-refractivity contribution in [3.63, 3.8) is 0 Å². The van der Waals surface area contributed by atoms with Gasteiger partial charge in [-0.3, -0.25) is 14.7 Å².